The first kappa shape index (κ1) is 20.8. The number of furan rings is 1. The van der Waals surface area contributed by atoms with Crippen molar-refractivity contribution in [1.82, 2.24) is 16.2 Å². The molecule has 2 rings (SSSR count). The fourth-order valence-electron chi connectivity index (χ4n) is 2.21. The first-order valence-electron chi connectivity index (χ1n) is 8.66. The zero-order valence-corrected chi connectivity index (χ0v) is 15.9. The van der Waals surface area contributed by atoms with Gasteiger partial charge in [-0.2, -0.15) is 0 Å². The van der Waals surface area contributed by atoms with E-state index < -0.39 is 17.7 Å². The van der Waals surface area contributed by atoms with Crippen LogP contribution in [-0.2, 0) is 4.79 Å². The molecule has 150 valence electrons. The summed E-state index contributed by atoms with van der Waals surface area (Å²) >= 11 is 0. The molecule has 3 N–H and O–H groups in total. The summed E-state index contributed by atoms with van der Waals surface area (Å²) in [4.78, 5) is 35.6. The summed E-state index contributed by atoms with van der Waals surface area (Å²) in [6.07, 6.45) is 1.33. The molecular weight excluding hydrogens is 366 g/mol. The van der Waals surface area contributed by atoms with Gasteiger partial charge < -0.3 is 19.2 Å². The predicted molar refractivity (Wildman–Crippen MR) is 100 cm³/mol. The van der Waals surface area contributed by atoms with Gasteiger partial charge in [0.25, 0.3) is 11.8 Å². The lowest BCUT2D eigenvalue weighted by Gasteiger charge is -2.14. The minimum Gasteiger partial charge on any atom is -0.493 e. The Bertz CT molecular complexity index is 817. The second-order valence-corrected chi connectivity index (χ2v) is 6.02. The molecule has 3 amide bonds. The molecule has 2 aromatic rings. The summed E-state index contributed by atoms with van der Waals surface area (Å²) in [5, 5.41) is 2.54. The van der Waals surface area contributed by atoms with E-state index in [0.717, 1.165) is 0 Å². The third-order valence-electron chi connectivity index (χ3n) is 3.49. The maximum atomic E-state index is 12.2. The first-order chi connectivity index (χ1) is 13.4. The van der Waals surface area contributed by atoms with Crippen molar-refractivity contribution in [1.29, 1.82) is 0 Å². The summed E-state index contributed by atoms with van der Waals surface area (Å²) < 4.78 is 15.8. The minimum atomic E-state index is -0.512. The van der Waals surface area contributed by atoms with Gasteiger partial charge in [0.15, 0.2) is 17.3 Å². The smallest absolute Gasteiger partial charge is 0.286 e. The number of rotatable bonds is 8. The number of carbonyl (C=O) groups excluding carboxylic acids is 3. The van der Waals surface area contributed by atoms with Crippen LogP contribution in [0.25, 0.3) is 0 Å². The number of nitrogens with one attached hydrogen (secondary N) is 3. The van der Waals surface area contributed by atoms with Crippen LogP contribution in [0.15, 0.2) is 41.0 Å². The number of hydrazine groups is 1. The Hall–Kier alpha value is -3.49. The van der Waals surface area contributed by atoms with E-state index in [1.54, 1.807) is 18.2 Å². The van der Waals surface area contributed by atoms with Crippen LogP contribution in [0.2, 0.25) is 0 Å². The molecule has 0 aliphatic carbocycles. The monoisotopic (exact) mass is 389 g/mol. The van der Waals surface area contributed by atoms with E-state index in [-0.39, 0.29) is 24.8 Å². The Balaban J connectivity index is 1.79. The van der Waals surface area contributed by atoms with Crippen molar-refractivity contribution in [2.45, 2.75) is 26.4 Å². The Labute approximate surface area is 162 Å². The van der Waals surface area contributed by atoms with Crippen molar-refractivity contribution in [2.24, 2.45) is 0 Å². The number of methoxy groups -OCH3 is 1. The molecule has 1 aromatic carbocycles. The number of hydrogen-bond donors (Lipinski definition) is 3. The molecule has 0 unspecified atom stereocenters. The summed E-state index contributed by atoms with van der Waals surface area (Å²) in [6.45, 7) is 3.86. The van der Waals surface area contributed by atoms with E-state index in [0.29, 0.717) is 17.1 Å². The first-order valence-corrected chi connectivity index (χ1v) is 8.66. The highest BCUT2D eigenvalue weighted by atomic mass is 16.5. The molecule has 1 aromatic heterocycles. The van der Waals surface area contributed by atoms with Crippen LogP contribution in [0.3, 0.4) is 0 Å². The number of benzene rings is 1. The van der Waals surface area contributed by atoms with Gasteiger partial charge in [-0.05, 0) is 44.2 Å². The van der Waals surface area contributed by atoms with E-state index in [1.807, 2.05) is 13.8 Å². The van der Waals surface area contributed by atoms with E-state index in [4.69, 9.17) is 13.9 Å². The van der Waals surface area contributed by atoms with Gasteiger partial charge in [0.1, 0.15) is 0 Å². The average molecular weight is 389 g/mol. The normalized spacial score (nSPS) is 10.3. The van der Waals surface area contributed by atoms with Crippen molar-refractivity contribution in [3.05, 3.63) is 47.9 Å². The molecular formula is C19H23N3O6. The molecule has 0 bridgehead atoms. The standard InChI is InChI=1S/C19H23N3O6/c1-12(2)28-14-7-6-13(11-16(14)26-3)18(24)22-21-17(23)8-9-20-19(25)15-5-4-10-27-15/h4-7,10-12H,8-9H2,1-3H3,(H,20,25)(H,21,23)(H,22,24). The van der Waals surface area contributed by atoms with Crippen LogP contribution in [0.5, 0.6) is 11.5 Å². The molecule has 0 saturated carbocycles. The predicted octanol–water partition coefficient (Wildman–Crippen LogP) is 1.66. The number of amides is 3. The molecule has 0 spiro atoms. The number of hydrogen-bond acceptors (Lipinski definition) is 6. The molecule has 0 saturated heterocycles. The average Bonchev–Trinajstić information content (AvgIpc) is 3.20. The Morgan fingerprint density at radius 3 is 2.50 bits per heavy atom. The van der Waals surface area contributed by atoms with Crippen molar-refractivity contribution < 1.29 is 28.3 Å². The highest BCUT2D eigenvalue weighted by molar-refractivity contribution is 5.96. The van der Waals surface area contributed by atoms with Gasteiger partial charge in [-0.3, -0.25) is 25.2 Å². The summed E-state index contributed by atoms with van der Waals surface area (Å²) in [5.41, 5.74) is 4.89. The third kappa shape index (κ3) is 6.04. The lowest BCUT2D eigenvalue weighted by atomic mass is 10.2. The van der Waals surface area contributed by atoms with Crippen molar-refractivity contribution >= 4 is 17.7 Å². The van der Waals surface area contributed by atoms with E-state index in [2.05, 4.69) is 16.2 Å². The second-order valence-electron chi connectivity index (χ2n) is 6.02. The SMILES string of the molecule is COc1cc(C(=O)NNC(=O)CCNC(=O)c2ccco2)ccc1OC(C)C. The number of carbonyl (C=O) groups is 3. The fraction of sp³-hybridized carbons (Fsp3) is 0.316. The molecule has 0 aliphatic rings. The van der Waals surface area contributed by atoms with Gasteiger partial charge in [-0.25, -0.2) is 0 Å². The minimum absolute atomic E-state index is 0.0167. The topological polar surface area (TPSA) is 119 Å². The third-order valence-corrected chi connectivity index (χ3v) is 3.49. The maximum absolute atomic E-state index is 12.2. The lowest BCUT2D eigenvalue weighted by molar-refractivity contribution is -0.121. The van der Waals surface area contributed by atoms with Gasteiger partial charge in [0, 0.05) is 18.5 Å². The Kier molecular flexibility index (Phi) is 7.44. The zero-order chi connectivity index (χ0) is 20.5. The fourth-order valence-corrected chi connectivity index (χ4v) is 2.21. The second kappa shape index (κ2) is 10.0. The van der Waals surface area contributed by atoms with E-state index in [9.17, 15) is 14.4 Å². The van der Waals surface area contributed by atoms with E-state index in [1.165, 1.54) is 25.5 Å². The molecule has 9 heteroatoms. The van der Waals surface area contributed by atoms with Crippen LogP contribution in [0, 0.1) is 0 Å². The lowest BCUT2D eigenvalue weighted by Crippen LogP contribution is -2.42. The quantitative estimate of drug-likeness (QED) is 0.591. The van der Waals surface area contributed by atoms with Crippen LogP contribution >= 0.6 is 0 Å². The Morgan fingerprint density at radius 1 is 1.07 bits per heavy atom. The molecule has 28 heavy (non-hydrogen) atoms. The van der Waals surface area contributed by atoms with Gasteiger partial charge in [-0.1, -0.05) is 0 Å². The molecule has 0 fully saturated rings. The summed E-state index contributed by atoms with van der Waals surface area (Å²) in [5.74, 6) is -0.300. The zero-order valence-electron chi connectivity index (χ0n) is 15.9. The van der Waals surface area contributed by atoms with E-state index >= 15 is 0 Å². The van der Waals surface area contributed by atoms with Crippen molar-refractivity contribution in [3.8, 4) is 11.5 Å². The van der Waals surface area contributed by atoms with Crippen molar-refractivity contribution in [2.75, 3.05) is 13.7 Å². The van der Waals surface area contributed by atoms with Gasteiger partial charge in [0.2, 0.25) is 5.91 Å². The highest BCUT2D eigenvalue weighted by Crippen LogP contribution is 2.28. The number of ether oxygens (including phenoxy) is 2. The summed E-state index contributed by atoms with van der Waals surface area (Å²) in [6, 6.07) is 7.81. The van der Waals surface area contributed by atoms with Crippen LogP contribution < -0.4 is 25.6 Å². The Morgan fingerprint density at radius 2 is 1.86 bits per heavy atom. The highest BCUT2D eigenvalue weighted by Gasteiger charge is 2.13. The largest absolute Gasteiger partial charge is 0.493 e. The van der Waals surface area contributed by atoms with Crippen LogP contribution in [0.4, 0.5) is 0 Å². The van der Waals surface area contributed by atoms with Crippen LogP contribution in [0.1, 0.15) is 41.2 Å². The molecule has 9 nitrogen and oxygen atoms in total. The molecule has 0 aliphatic heterocycles. The van der Waals surface area contributed by atoms with Gasteiger partial charge >= 0.3 is 0 Å². The maximum Gasteiger partial charge on any atom is 0.286 e. The molecule has 0 radical (unpaired) electrons. The van der Waals surface area contributed by atoms with Crippen LogP contribution in [-0.4, -0.2) is 37.5 Å². The van der Waals surface area contributed by atoms with Gasteiger partial charge in [0.05, 0.1) is 19.5 Å². The van der Waals surface area contributed by atoms with Crippen molar-refractivity contribution in [3.63, 3.8) is 0 Å². The molecule has 1 heterocycles. The van der Waals surface area contributed by atoms with Gasteiger partial charge in [-0.15, -0.1) is 0 Å². The molecule has 0 atom stereocenters. The summed E-state index contributed by atoms with van der Waals surface area (Å²) in [7, 11) is 1.48.